The van der Waals surface area contributed by atoms with Crippen LogP contribution in [0.3, 0.4) is 0 Å². The molecule has 100 valence electrons. The second-order valence-electron chi connectivity index (χ2n) is 4.59. The molecule has 2 aromatic rings. The molecule has 5 heteroatoms. The maximum atomic E-state index is 10.3. The number of aryl methyl sites for hydroxylation is 1. The van der Waals surface area contributed by atoms with E-state index in [4.69, 9.17) is 4.74 Å². The zero-order chi connectivity index (χ0) is 13.6. The minimum Gasteiger partial charge on any atom is -0.484 e. The molecule has 1 aliphatic heterocycles. The lowest BCUT2D eigenvalue weighted by Crippen LogP contribution is -2.18. The van der Waals surface area contributed by atoms with Gasteiger partial charge < -0.3 is 9.84 Å². The Morgan fingerprint density at radius 1 is 1.32 bits per heavy atom. The predicted molar refractivity (Wildman–Crippen MR) is 83.8 cm³/mol. The lowest BCUT2D eigenvalue weighted by Gasteiger charge is -2.29. The number of fused-ring (bicyclic) bond motifs is 1. The van der Waals surface area contributed by atoms with Gasteiger partial charge in [-0.05, 0) is 41.1 Å². The van der Waals surface area contributed by atoms with Crippen molar-refractivity contribution in [2.45, 2.75) is 25.6 Å². The third-order valence-corrected chi connectivity index (χ3v) is 5.96. The number of benzene rings is 1. The number of halogens is 2. The molecule has 3 rings (SSSR count). The van der Waals surface area contributed by atoms with Crippen LogP contribution in [0.4, 0.5) is 0 Å². The molecule has 0 fully saturated rings. The molecule has 1 aromatic heterocycles. The van der Waals surface area contributed by atoms with Gasteiger partial charge in [-0.25, -0.2) is 0 Å². The molecular formula is C14H12Br2O2S. The summed E-state index contributed by atoms with van der Waals surface area (Å²) in [5.74, 6) is 0.764. The van der Waals surface area contributed by atoms with Crippen LogP contribution in [0.1, 0.15) is 33.9 Å². The van der Waals surface area contributed by atoms with Gasteiger partial charge in [-0.2, -0.15) is 0 Å². The Bertz CT molecular complexity index is 604. The van der Waals surface area contributed by atoms with Crippen LogP contribution >= 0.6 is 43.2 Å². The van der Waals surface area contributed by atoms with Crippen molar-refractivity contribution in [3.8, 4) is 5.75 Å². The van der Waals surface area contributed by atoms with Gasteiger partial charge in [-0.3, -0.25) is 0 Å². The number of ether oxygens (including phenoxy) is 1. The molecule has 19 heavy (non-hydrogen) atoms. The minimum atomic E-state index is -0.469. The standard InChI is InChI=1S/C14H12Br2O2S/c1-7-10(16)5-14(19-7)13-6-11(17)9-3-2-8(15)4-12(9)18-13/h2-5,11,13,17H,6H2,1H3. The first-order valence-corrected chi connectivity index (χ1v) is 8.35. The summed E-state index contributed by atoms with van der Waals surface area (Å²) in [6.07, 6.45) is 0.0518. The van der Waals surface area contributed by atoms with Crippen LogP contribution in [0.25, 0.3) is 0 Å². The molecule has 0 spiro atoms. The van der Waals surface area contributed by atoms with E-state index in [2.05, 4.69) is 44.8 Å². The third kappa shape index (κ3) is 2.61. The van der Waals surface area contributed by atoms with Crippen molar-refractivity contribution in [3.05, 3.63) is 48.5 Å². The van der Waals surface area contributed by atoms with E-state index in [9.17, 15) is 5.11 Å². The molecule has 2 heterocycles. The Morgan fingerprint density at radius 2 is 2.11 bits per heavy atom. The Morgan fingerprint density at radius 3 is 2.79 bits per heavy atom. The molecule has 1 N–H and O–H groups in total. The Kier molecular flexibility index (Phi) is 3.73. The zero-order valence-electron chi connectivity index (χ0n) is 10.2. The van der Waals surface area contributed by atoms with Gasteiger partial charge in [0.1, 0.15) is 11.9 Å². The van der Waals surface area contributed by atoms with Crippen LogP contribution in [-0.4, -0.2) is 5.11 Å². The Balaban J connectivity index is 1.96. The Labute approximate surface area is 132 Å². The molecule has 0 bridgehead atoms. The highest BCUT2D eigenvalue weighted by atomic mass is 79.9. The quantitative estimate of drug-likeness (QED) is 0.714. The summed E-state index contributed by atoms with van der Waals surface area (Å²) in [5.41, 5.74) is 0.867. The summed E-state index contributed by atoms with van der Waals surface area (Å²) in [6, 6.07) is 7.84. The van der Waals surface area contributed by atoms with E-state index >= 15 is 0 Å². The van der Waals surface area contributed by atoms with Crippen LogP contribution in [0.2, 0.25) is 0 Å². The van der Waals surface area contributed by atoms with Gasteiger partial charge in [0.15, 0.2) is 0 Å². The molecular weight excluding hydrogens is 392 g/mol. The molecule has 0 radical (unpaired) electrons. The van der Waals surface area contributed by atoms with E-state index < -0.39 is 6.10 Å². The highest BCUT2D eigenvalue weighted by Crippen LogP contribution is 2.44. The van der Waals surface area contributed by atoms with E-state index in [-0.39, 0.29) is 6.10 Å². The molecule has 0 aliphatic carbocycles. The van der Waals surface area contributed by atoms with Gasteiger partial charge in [-0.15, -0.1) is 11.3 Å². The van der Waals surface area contributed by atoms with Crippen LogP contribution in [-0.2, 0) is 0 Å². The molecule has 0 amide bonds. The normalized spacial score (nSPS) is 21.9. The first-order valence-electron chi connectivity index (χ1n) is 5.94. The Hall–Kier alpha value is -0.360. The topological polar surface area (TPSA) is 29.5 Å². The number of hydrogen-bond acceptors (Lipinski definition) is 3. The van der Waals surface area contributed by atoms with Crippen molar-refractivity contribution in [2.75, 3.05) is 0 Å². The van der Waals surface area contributed by atoms with E-state index in [1.165, 1.54) is 4.88 Å². The van der Waals surface area contributed by atoms with Gasteiger partial charge >= 0.3 is 0 Å². The van der Waals surface area contributed by atoms with Gasteiger partial charge in [0.05, 0.1) is 6.10 Å². The smallest absolute Gasteiger partial charge is 0.136 e. The van der Waals surface area contributed by atoms with Crippen molar-refractivity contribution in [1.29, 1.82) is 0 Å². The van der Waals surface area contributed by atoms with Crippen molar-refractivity contribution in [3.63, 3.8) is 0 Å². The summed E-state index contributed by atoms with van der Waals surface area (Å²) >= 11 is 8.67. The lowest BCUT2D eigenvalue weighted by atomic mass is 9.98. The second-order valence-corrected chi connectivity index (χ2v) is 7.65. The molecule has 2 unspecified atom stereocenters. The molecule has 1 aromatic carbocycles. The largest absolute Gasteiger partial charge is 0.484 e. The predicted octanol–water partition coefficient (Wildman–Crippen LogP) is 5.14. The summed E-state index contributed by atoms with van der Waals surface area (Å²) < 4.78 is 8.10. The fourth-order valence-corrected chi connectivity index (χ4v) is 4.17. The molecule has 1 aliphatic rings. The first kappa shape index (κ1) is 13.6. The van der Waals surface area contributed by atoms with Gasteiger partial charge in [0, 0.05) is 30.7 Å². The van der Waals surface area contributed by atoms with Crippen molar-refractivity contribution in [1.82, 2.24) is 0 Å². The fourth-order valence-electron chi connectivity index (χ4n) is 2.23. The van der Waals surface area contributed by atoms with Crippen molar-refractivity contribution < 1.29 is 9.84 Å². The number of rotatable bonds is 1. The fraction of sp³-hybridized carbons (Fsp3) is 0.286. The highest BCUT2D eigenvalue weighted by Gasteiger charge is 2.29. The molecule has 0 saturated carbocycles. The van der Waals surface area contributed by atoms with Crippen LogP contribution in [0, 0.1) is 6.92 Å². The molecule has 0 saturated heterocycles. The van der Waals surface area contributed by atoms with Crippen LogP contribution in [0.15, 0.2) is 33.2 Å². The first-order chi connectivity index (χ1) is 9.04. The monoisotopic (exact) mass is 402 g/mol. The summed E-state index contributed by atoms with van der Waals surface area (Å²) in [6.45, 7) is 2.07. The summed E-state index contributed by atoms with van der Waals surface area (Å²) in [5, 5.41) is 10.3. The number of aliphatic hydroxyl groups excluding tert-OH is 1. The zero-order valence-corrected chi connectivity index (χ0v) is 14.2. The number of thiophene rings is 1. The summed E-state index contributed by atoms with van der Waals surface area (Å²) in [7, 11) is 0. The van der Waals surface area contributed by atoms with Gasteiger partial charge in [-0.1, -0.05) is 22.0 Å². The SMILES string of the molecule is Cc1sc(C2CC(O)c3ccc(Br)cc3O2)cc1Br. The lowest BCUT2D eigenvalue weighted by molar-refractivity contribution is 0.0673. The van der Waals surface area contributed by atoms with E-state index in [0.29, 0.717) is 6.42 Å². The minimum absolute atomic E-state index is 0.0770. The highest BCUT2D eigenvalue weighted by molar-refractivity contribution is 9.10. The third-order valence-electron chi connectivity index (χ3n) is 3.23. The number of hydrogen-bond donors (Lipinski definition) is 1. The van der Waals surface area contributed by atoms with Crippen molar-refractivity contribution in [2.24, 2.45) is 0 Å². The van der Waals surface area contributed by atoms with E-state index in [1.54, 1.807) is 11.3 Å². The maximum absolute atomic E-state index is 10.3. The van der Waals surface area contributed by atoms with E-state index in [0.717, 1.165) is 25.1 Å². The number of aliphatic hydroxyl groups is 1. The van der Waals surface area contributed by atoms with Crippen molar-refractivity contribution >= 4 is 43.2 Å². The van der Waals surface area contributed by atoms with Gasteiger partial charge in [0.2, 0.25) is 0 Å². The van der Waals surface area contributed by atoms with Gasteiger partial charge in [0.25, 0.3) is 0 Å². The van der Waals surface area contributed by atoms with Crippen LogP contribution < -0.4 is 4.74 Å². The second kappa shape index (κ2) is 5.20. The van der Waals surface area contributed by atoms with E-state index in [1.807, 2.05) is 18.2 Å². The molecule has 2 atom stereocenters. The van der Waals surface area contributed by atoms with Crippen LogP contribution in [0.5, 0.6) is 5.75 Å². The molecule has 2 nitrogen and oxygen atoms in total. The maximum Gasteiger partial charge on any atom is 0.136 e. The average molecular weight is 404 g/mol. The summed E-state index contributed by atoms with van der Waals surface area (Å²) in [4.78, 5) is 2.38. The average Bonchev–Trinajstić information content (AvgIpc) is 2.69.